The quantitative estimate of drug-likeness (QED) is 0.520. The molecule has 0 aromatic carbocycles. The third-order valence-electron chi connectivity index (χ3n) is 2.45. The Kier molecular flexibility index (Phi) is 1.81. The molecule has 6 heteroatoms. The van der Waals surface area contributed by atoms with Gasteiger partial charge in [-0.25, -0.2) is 0 Å². The highest BCUT2D eigenvalue weighted by Gasteiger charge is 2.37. The molecule has 1 aliphatic rings. The van der Waals surface area contributed by atoms with Gasteiger partial charge in [0.25, 0.3) is 0 Å². The average Bonchev–Trinajstić information content (AvgIpc) is 2.43. The van der Waals surface area contributed by atoms with Gasteiger partial charge in [-0.1, -0.05) is 0 Å². The average molecular weight is 197 g/mol. The topological polar surface area (TPSA) is 70.2 Å². The van der Waals surface area contributed by atoms with Gasteiger partial charge < -0.3 is 4.74 Å². The van der Waals surface area contributed by atoms with E-state index in [1.54, 1.807) is 11.6 Å². The van der Waals surface area contributed by atoms with Crippen molar-refractivity contribution in [2.24, 2.45) is 0 Å². The fraction of sp³-hybridized carbons (Fsp3) is 0.625. The number of aryl methyl sites for hydroxylation is 1. The van der Waals surface area contributed by atoms with Crippen molar-refractivity contribution in [1.82, 2.24) is 9.78 Å². The van der Waals surface area contributed by atoms with E-state index in [1.807, 2.05) is 6.92 Å². The molecule has 14 heavy (non-hydrogen) atoms. The lowest BCUT2D eigenvalue weighted by Crippen LogP contribution is -2.49. The van der Waals surface area contributed by atoms with Gasteiger partial charge in [-0.3, -0.25) is 14.8 Å². The van der Waals surface area contributed by atoms with Crippen molar-refractivity contribution in [3.8, 4) is 0 Å². The predicted molar refractivity (Wildman–Crippen MR) is 48.1 cm³/mol. The first kappa shape index (κ1) is 9.14. The summed E-state index contributed by atoms with van der Waals surface area (Å²) in [7, 11) is 0. The maximum Gasteiger partial charge on any atom is 0.309 e. The third kappa shape index (κ3) is 1.19. The van der Waals surface area contributed by atoms with E-state index in [-0.39, 0.29) is 11.2 Å². The van der Waals surface area contributed by atoms with Crippen LogP contribution in [0.15, 0.2) is 6.20 Å². The minimum Gasteiger partial charge on any atom is -0.376 e. The minimum atomic E-state index is -0.415. The lowest BCUT2D eigenvalue weighted by molar-refractivity contribution is -0.385. The molecule has 2 rings (SSSR count). The molecule has 2 heterocycles. The van der Waals surface area contributed by atoms with Crippen LogP contribution in [0.1, 0.15) is 12.6 Å². The first-order valence-corrected chi connectivity index (χ1v) is 4.32. The fourth-order valence-electron chi connectivity index (χ4n) is 1.44. The van der Waals surface area contributed by atoms with Crippen LogP contribution in [0.2, 0.25) is 0 Å². The van der Waals surface area contributed by atoms with Gasteiger partial charge in [-0.15, -0.1) is 0 Å². The van der Waals surface area contributed by atoms with Crippen LogP contribution in [-0.2, 0) is 10.3 Å². The van der Waals surface area contributed by atoms with Gasteiger partial charge in [0.05, 0.1) is 18.1 Å². The zero-order valence-electron chi connectivity index (χ0n) is 8.06. The van der Waals surface area contributed by atoms with Crippen molar-refractivity contribution >= 4 is 5.69 Å². The van der Waals surface area contributed by atoms with Gasteiger partial charge in [0, 0.05) is 0 Å². The highest BCUT2D eigenvalue weighted by molar-refractivity contribution is 5.31. The third-order valence-corrected chi connectivity index (χ3v) is 2.45. The van der Waals surface area contributed by atoms with Crippen LogP contribution < -0.4 is 0 Å². The molecule has 0 aliphatic carbocycles. The van der Waals surface area contributed by atoms with E-state index in [4.69, 9.17) is 4.74 Å². The van der Waals surface area contributed by atoms with Crippen molar-refractivity contribution < 1.29 is 9.66 Å². The summed E-state index contributed by atoms with van der Waals surface area (Å²) in [5.41, 5.74) is 0.306. The van der Waals surface area contributed by atoms with E-state index in [2.05, 4.69) is 5.10 Å². The van der Waals surface area contributed by atoms with E-state index >= 15 is 0 Å². The van der Waals surface area contributed by atoms with Crippen molar-refractivity contribution in [1.29, 1.82) is 0 Å². The van der Waals surface area contributed by atoms with Crippen LogP contribution in [0, 0.1) is 17.0 Å². The zero-order valence-corrected chi connectivity index (χ0v) is 8.06. The van der Waals surface area contributed by atoms with Crippen LogP contribution in [0.3, 0.4) is 0 Å². The largest absolute Gasteiger partial charge is 0.376 e. The molecular weight excluding hydrogens is 186 g/mol. The summed E-state index contributed by atoms with van der Waals surface area (Å²) in [6, 6.07) is 0. The fourth-order valence-corrected chi connectivity index (χ4v) is 1.44. The standard InChI is InChI=1S/C8H11N3O3/c1-6-7(11(12)13)3-10(9-6)8(2)4-14-5-8/h3H,4-5H2,1-2H3. The normalized spacial score (nSPS) is 19.0. The molecule has 1 fully saturated rings. The van der Waals surface area contributed by atoms with Crippen LogP contribution in [0.25, 0.3) is 0 Å². The molecule has 0 N–H and O–H groups in total. The summed E-state index contributed by atoms with van der Waals surface area (Å²) in [5.74, 6) is 0. The Labute approximate surface area is 80.6 Å². The summed E-state index contributed by atoms with van der Waals surface area (Å²) in [6.07, 6.45) is 1.47. The molecule has 0 saturated carbocycles. The van der Waals surface area contributed by atoms with E-state index in [0.29, 0.717) is 18.9 Å². The molecule has 0 unspecified atom stereocenters. The molecule has 0 spiro atoms. The first-order valence-electron chi connectivity index (χ1n) is 4.32. The highest BCUT2D eigenvalue weighted by Crippen LogP contribution is 2.27. The van der Waals surface area contributed by atoms with Gasteiger partial charge in [-0.2, -0.15) is 5.10 Å². The van der Waals surface area contributed by atoms with Crippen LogP contribution in [-0.4, -0.2) is 27.9 Å². The Hall–Kier alpha value is -1.43. The van der Waals surface area contributed by atoms with Gasteiger partial charge in [0.2, 0.25) is 0 Å². The SMILES string of the molecule is Cc1nn(C2(C)COC2)cc1[N+](=O)[O-]. The summed E-state index contributed by atoms with van der Waals surface area (Å²) < 4.78 is 6.70. The van der Waals surface area contributed by atoms with Gasteiger partial charge in [0.15, 0.2) is 0 Å². The maximum absolute atomic E-state index is 10.6. The summed E-state index contributed by atoms with van der Waals surface area (Å²) in [6.45, 7) is 4.72. The van der Waals surface area contributed by atoms with Crippen LogP contribution >= 0.6 is 0 Å². The van der Waals surface area contributed by atoms with E-state index in [0.717, 1.165) is 0 Å². The highest BCUT2D eigenvalue weighted by atomic mass is 16.6. The van der Waals surface area contributed by atoms with Gasteiger partial charge in [-0.05, 0) is 13.8 Å². The number of hydrogen-bond acceptors (Lipinski definition) is 4. The molecule has 1 aromatic heterocycles. The van der Waals surface area contributed by atoms with Crippen LogP contribution in [0.5, 0.6) is 0 Å². The second kappa shape index (κ2) is 2.78. The molecule has 1 aromatic rings. The Morgan fingerprint density at radius 3 is 2.71 bits per heavy atom. The molecule has 0 radical (unpaired) electrons. The van der Waals surface area contributed by atoms with E-state index < -0.39 is 4.92 Å². The van der Waals surface area contributed by atoms with Gasteiger partial charge in [0.1, 0.15) is 17.4 Å². The maximum atomic E-state index is 10.6. The minimum absolute atomic E-state index is 0.0677. The summed E-state index contributed by atoms with van der Waals surface area (Å²) in [5, 5.41) is 14.7. The molecule has 6 nitrogen and oxygen atoms in total. The number of nitrogens with zero attached hydrogens (tertiary/aromatic N) is 3. The van der Waals surface area contributed by atoms with Crippen molar-refractivity contribution in [3.05, 3.63) is 22.0 Å². The number of rotatable bonds is 2. The molecular formula is C8H11N3O3. The van der Waals surface area contributed by atoms with Crippen molar-refractivity contribution in [3.63, 3.8) is 0 Å². The smallest absolute Gasteiger partial charge is 0.309 e. The number of ether oxygens (including phenoxy) is 1. The predicted octanol–water partition coefficient (Wildman–Crippen LogP) is 0.845. The molecule has 1 aliphatic heterocycles. The Morgan fingerprint density at radius 1 is 1.71 bits per heavy atom. The lowest BCUT2D eigenvalue weighted by atomic mass is 10.0. The summed E-state index contributed by atoms with van der Waals surface area (Å²) >= 11 is 0. The second-order valence-corrected chi connectivity index (χ2v) is 3.79. The zero-order chi connectivity index (χ0) is 10.3. The Balaban J connectivity index is 2.37. The number of nitro groups is 1. The van der Waals surface area contributed by atoms with Gasteiger partial charge >= 0.3 is 5.69 Å². The van der Waals surface area contributed by atoms with E-state index in [9.17, 15) is 10.1 Å². The molecule has 0 amide bonds. The van der Waals surface area contributed by atoms with Crippen LogP contribution in [0.4, 0.5) is 5.69 Å². The summed E-state index contributed by atoms with van der Waals surface area (Å²) in [4.78, 5) is 10.2. The molecule has 76 valence electrons. The van der Waals surface area contributed by atoms with E-state index in [1.165, 1.54) is 6.20 Å². The number of aromatic nitrogens is 2. The number of hydrogen-bond donors (Lipinski definition) is 0. The Bertz CT molecular complexity index is 381. The molecule has 1 saturated heterocycles. The van der Waals surface area contributed by atoms with Crippen molar-refractivity contribution in [2.45, 2.75) is 19.4 Å². The Morgan fingerprint density at radius 2 is 2.36 bits per heavy atom. The molecule has 0 bridgehead atoms. The lowest BCUT2D eigenvalue weighted by Gasteiger charge is -2.37. The monoisotopic (exact) mass is 197 g/mol. The van der Waals surface area contributed by atoms with Crippen molar-refractivity contribution in [2.75, 3.05) is 13.2 Å². The first-order chi connectivity index (χ1) is 6.53. The second-order valence-electron chi connectivity index (χ2n) is 3.79. The molecule has 0 atom stereocenters.